The first-order valence-electron chi connectivity index (χ1n) is 9.32. The number of nitrogens with zero attached hydrogens (tertiary/aromatic N) is 4. The van der Waals surface area contributed by atoms with E-state index in [-0.39, 0.29) is 11.8 Å². The summed E-state index contributed by atoms with van der Waals surface area (Å²) in [5.41, 5.74) is 1.56. The fraction of sp³-hybridized carbons (Fsp3) is 0.286. The van der Waals surface area contributed by atoms with Crippen molar-refractivity contribution in [3.8, 4) is 0 Å². The van der Waals surface area contributed by atoms with Gasteiger partial charge in [-0.1, -0.05) is 25.1 Å². The molecule has 2 aromatic heterocycles. The third-order valence-electron chi connectivity index (χ3n) is 4.37. The molecule has 146 valence electrons. The Balaban J connectivity index is 1.78. The molecule has 6 nitrogen and oxygen atoms in total. The van der Waals surface area contributed by atoms with Crippen LogP contribution in [0.25, 0.3) is 0 Å². The van der Waals surface area contributed by atoms with Crippen molar-refractivity contribution in [2.45, 2.75) is 33.0 Å². The Morgan fingerprint density at radius 1 is 1.14 bits per heavy atom. The lowest BCUT2D eigenvalue weighted by molar-refractivity contribution is 0.190. The van der Waals surface area contributed by atoms with E-state index in [0.29, 0.717) is 37.6 Å². The largest absolute Gasteiger partial charge is 0.338 e. The van der Waals surface area contributed by atoms with Crippen molar-refractivity contribution in [1.82, 2.24) is 24.8 Å². The average molecular weight is 381 g/mol. The van der Waals surface area contributed by atoms with Gasteiger partial charge in [-0.05, 0) is 30.2 Å². The molecule has 1 aromatic carbocycles. The summed E-state index contributed by atoms with van der Waals surface area (Å²) >= 11 is 0. The van der Waals surface area contributed by atoms with Gasteiger partial charge in [-0.15, -0.1) is 0 Å². The molecular formula is C21H24FN5O. The van der Waals surface area contributed by atoms with Crippen LogP contribution in [0.2, 0.25) is 0 Å². The van der Waals surface area contributed by atoms with Crippen LogP contribution in [-0.2, 0) is 19.6 Å². The molecule has 0 saturated carbocycles. The Morgan fingerprint density at radius 2 is 1.93 bits per heavy atom. The second-order valence-electron chi connectivity index (χ2n) is 6.51. The fourth-order valence-electron chi connectivity index (χ4n) is 2.87. The number of halogens is 1. The first-order chi connectivity index (χ1) is 13.7. The highest BCUT2D eigenvalue weighted by atomic mass is 19.1. The van der Waals surface area contributed by atoms with E-state index in [9.17, 15) is 9.18 Å². The summed E-state index contributed by atoms with van der Waals surface area (Å²) in [7, 11) is 0. The van der Waals surface area contributed by atoms with Crippen LogP contribution in [-0.4, -0.2) is 32.0 Å². The number of carbonyl (C=O) groups excluding carboxylic acids is 1. The Bertz CT molecular complexity index is 897. The van der Waals surface area contributed by atoms with Crippen molar-refractivity contribution >= 4 is 6.03 Å². The van der Waals surface area contributed by atoms with E-state index < -0.39 is 0 Å². The Kier molecular flexibility index (Phi) is 6.73. The quantitative estimate of drug-likeness (QED) is 0.649. The monoisotopic (exact) mass is 381 g/mol. The molecule has 0 aliphatic heterocycles. The second-order valence-corrected chi connectivity index (χ2v) is 6.51. The summed E-state index contributed by atoms with van der Waals surface area (Å²) in [6.45, 7) is 3.73. The van der Waals surface area contributed by atoms with Gasteiger partial charge in [-0.3, -0.25) is 4.98 Å². The van der Waals surface area contributed by atoms with Gasteiger partial charge in [0.25, 0.3) is 0 Å². The summed E-state index contributed by atoms with van der Waals surface area (Å²) in [6, 6.07) is 10.3. The molecule has 0 saturated heterocycles. The van der Waals surface area contributed by atoms with Crippen molar-refractivity contribution in [3.05, 3.63) is 84.0 Å². The van der Waals surface area contributed by atoms with E-state index >= 15 is 0 Å². The number of benzene rings is 1. The maximum absolute atomic E-state index is 14.0. The van der Waals surface area contributed by atoms with Crippen LogP contribution in [0, 0.1) is 5.82 Å². The third kappa shape index (κ3) is 5.16. The average Bonchev–Trinajstić information content (AvgIpc) is 3.15. The highest BCUT2D eigenvalue weighted by molar-refractivity contribution is 5.74. The zero-order chi connectivity index (χ0) is 19.8. The van der Waals surface area contributed by atoms with Crippen molar-refractivity contribution in [1.29, 1.82) is 0 Å². The lowest BCUT2D eigenvalue weighted by Gasteiger charge is -2.23. The van der Waals surface area contributed by atoms with Crippen LogP contribution >= 0.6 is 0 Å². The summed E-state index contributed by atoms with van der Waals surface area (Å²) in [4.78, 5) is 22.8. The topological polar surface area (TPSA) is 63.1 Å². The first-order valence-corrected chi connectivity index (χ1v) is 9.32. The van der Waals surface area contributed by atoms with Gasteiger partial charge in [0.15, 0.2) is 0 Å². The zero-order valence-corrected chi connectivity index (χ0v) is 15.9. The number of imidazole rings is 1. The van der Waals surface area contributed by atoms with Crippen LogP contribution < -0.4 is 5.32 Å². The molecule has 0 aliphatic carbocycles. The van der Waals surface area contributed by atoms with E-state index in [4.69, 9.17) is 0 Å². The molecule has 28 heavy (non-hydrogen) atoms. The summed E-state index contributed by atoms with van der Waals surface area (Å²) < 4.78 is 15.9. The molecule has 0 aliphatic rings. The number of carbonyl (C=O) groups is 1. The molecule has 0 bridgehead atoms. The molecule has 2 heterocycles. The molecule has 3 aromatic rings. The number of hydrogen-bond donors (Lipinski definition) is 1. The minimum absolute atomic E-state index is 0.154. The molecule has 7 heteroatoms. The van der Waals surface area contributed by atoms with Crippen LogP contribution in [0.1, 0.15) is 30.3 Å². The second kappa shape index (κ2) is 9.64. The van der Waals surface area contributed by atoms with E-state index in [1.807, 2.05) is 29.7 Å². The maximum atomic E-state index is 14.0. The number of aromatic nitrogens is 3. The van der Waals surface area contributed by atoms with Crippen molar-refractivity contribution in [2.75, 3.05) is 6.54 Å². The fourth-order valence-corrected chi connectivity index (χ4v) is 2.87. The lowest BCUT2D eigenvalue weighted by atomic mass is 10.2. The highest BCUT2D eigenvalue weighted by Crippen LogP contribution is 2.13. The lowest BCUT2D eigenvalue weighted by Crippen LogP contribution is -2.40. The van der Waals surface area contributed by atoms with Crippen LogP contribution in [0.5, 0.6) is 0 Å². The van der Waals surface area contributed by atoms with E-state index in [1.165, 1.54) is 6.07 Å². The van der Waals surface area contributed by atoms with Crippen LogP contribution in [0.3, 0.4) is 0 Å². The number of urea groups is 1. The van der Waals surface area contributed by atoms with Gasteiger partial charge in [-0.2, -0.15) is 0 Å². The van der Waals surface area contributed by atoms with Gasteiger partial charge in [0, 0.05) is 43.4 Å². The van der Waals surface area contributed by atoms with E-state index in [1.54, 1.807) is 41.8 Å². The first kappa shape index (κ1) is 19.5. The maximum Gasteiger partial charge on any atom is 0.318 e. The molecule has 2 amide bonds. The van der Waals surface area contributed by atoms with E-state index in [2.05, 4.69) is 15.3 Å². The number of pyridine rings is 1. The Morgan fingerprint density at radius 3 is 2.68 bits per heavy atom. The van der Waals surface area contributed by atoms with Gasteiger partial charge in [0.2, 0.25) is 0 Å². The highest BCUT2D eigenvalue weighted by Gasteiger charge is 2.17. The van der Waals surface area contributed by atoms with Crippen molar-refractivity contribution < 1.29 is 9.18 Å². The van der Waals surface area contributed by atoms with Gasteiger partial charge in [-0.25, -0.2) is 14.2 Å². The Hall–Kier alpha value is -3.22. The van der Waals surface area contributed by atoms with Gasteiger partial charge >= 0.3 is 6.03 Å². The number of hydrogen-bond acceptors (Lipinski definition) is 3. The summed E-state index contributed by atoms with van der Waals surface area (Å²) in [6.07, 6.45) is 7.74. The molecule has 0 atom stereocenters. The minimum atomic E-state index is -0.253. The van der Waals surface area contributed by atoms with Gasteiger partial charge < -0.3 is 14.8 Å². The molecule has 0 spiro atoms. The molecule has 1 N–H and O–H groups in total. The predicted octanol–water partition coefficient (Wildman–Crippen LogP) is 3.59. The van der Waals surface area contributed by atoms with Crippen LogP contribution in [0.4, 0.5) is 9.18 Å². The predicted molar refractivity (Wildman–Crippen MR) is 105 cm³/mol. The summed E-state index contributed by atoms with van der Waals surface area (Å²) in [5.74, 6) is 0.445. The van der Waals surface area contributed by atoms with Gasteiger partial charge in [0.05, 0.1) is 13.1 Å². The SMILES string of the molecule is CCCNC(=O)N(Cc1ccncc1)Cc1nccn1Cc1ccccc1F. The van der Waals surface area contributed by atoms with Gasteiger partial charge in [0.1, 0.15) is 11.6 Å². The minimum Gasteiger partial charge on any atom is -0.338 e. The standard InChI is InChI=1S/C21H24FN5O/c1-2-9-25-21(28)27(14-17-7-10-23-11-8-17)16-20-24-12-13-26(20)15-18-5-3-4-6-19(18)22/h3-8,10-13H,2,9,14-16H2,1H3,(H,25,28). The molecule has 0 radical (unpaired) electrons. The summed E-state index contributed by atoms with van der Waals surface area (Å²) in [5, 5.41) is 2.92. The number of nitrogens with one attached hydrogen (secondary N) is 1. The molecule has 0 fully saturated rings. The van der Waals surface area contributed by atoms with E-state index in [0.717, 1.165) is 12.0 Å². The normalized spacial score (nSPS) is 10.6. The van der Waals surface area contributed by atoms with Crippen LogP contribution in [0.15, 0.2) is 61.2 Å². The number of rotatable bonds is 8. The molecule has 0 unspecified atom stereocenters. The third-order valence-corrected chi connectivity index (χ3v) is 4.37. The number of amides is 2. The smallest absolute Gasteiger partial charge is 0.318 e. The van der Waals surface area contributed by atoms with Crippen molar-refractivity contribution in [2.24, 2.45) is 0 Å². The Labute approximate surface area is 164 Å². The molecular weight excluding hydrogens is 357 g/mol. The zero-order valence-electron chi connectivity index (χ0n) is 15.9. The van der Waals surface area contributed by atoms with Crippen molar-refractivity contribution in [3.63, 3.8) is 0 Å². The molecule has 3 rings (SSSR count).